The smallest absolute Gasteiger partial charge is 0.194 e. The highest BCUT2D eigenvalue weighted by Crippen LogP contribution is 2.18. The van der Waals surface area contributed by atoms with Crippen LogP contribution in [0.3, 0.4) is 0 Å². The first kappa shape index (κ1) is 14.4. The molecule has 0 aromatic heterocycles. The molecule has 1 aromatic carbocycles. The lowest BCUT2D eigenvalue weighted by molar-refractivity contribution is 0.821. The zero-order valence-electron chi connectivity index (χ0n) is 11.1. The molecule has 0 heterocycles. The topological polar surface area (TPSA) is 59.9 Å². The summed E-state index contributed by atoms with van der Waals surface area (Å²) in [5.74, 6) is 0.223. The van der Waals surface area contributed by atoms with Crippen LogP contribution in [0.2, 0.25) is 0 Å². The van der Waals surface area contributed by atoms with Crippen LogP contribution in [0, 0.1) is 19.3 Å². The Morgan fingerprint density at radius 3 is 2.44 bits per heavy atom. The van der Waals surface area contributed by atoms with Gasteiger partial charge in [0.05, 0.1) is 0 Å². The van der Waals surface area contributed by atoms with Crippen LogP contribution in [-0.4, -0.2) is 17.6 Å². The summed E-state index contributed by atoms with van der Waals surface area (Å²) in [6, 6.07) is 6.06. The average molecular weight is 264 g/mol. The maximum atomic E-state index is 7.65. The molecule has 18 heavy (non-hydrogen) atoms. The molecule has 0 aliphatic rings. The molecule has 0 unspecified atom stereocenters. The Bertz CT molecular complexity index is 422. The number of para-hydroxylation sites is 1. The van der Waals surface area contributed by atoms with Crippen LogP contribution in [0.15, 0.2) is 18.2 Å². The molecular formula is C13H20N4S. The third kappa shape index (κ3) is 4.33. The van der Waals surface area contributed by atoms with E-state index < -0.39 is 0 Å². The van der Waals surface area contributed by atoms with E-state index in [-0.39, 0.29) is 5.96 Å². The lowest BCUT2D eigenvalue weighted by atomic mass is 10.1. The molecule has 0 atom stereocenters. The molecule has 0 saturated carbocycles. The van der Waals surface area contributed by atoms with Crippen molar-refractivity contribution in [2.24, 2.45) is 0 Å². The minimum atomic E-state index is 0.223. The van der Waals surface area contributed by atoms with Crippen molar-refractivity contribution in [1.29, 1.82) is 5.41 Å². The zero-order valence-corrected chi connectivity index (χ0v) is 11.9. The number of benzene rings is 1. The van der Waals surface area contributed by atoms with Crippen LogP contribution in [-0.2, 0) is 0 Å². The third-order valence-electron chi connectivity index (χ3n) is 2.51. The van der Waals surface area contributed by atoms with E-state index in [0.717, 1.165) is 29.8 Å². The lowest BCUT2D eigenvalue weighted by Gasteiger charge is -2.15. The molecular weight excluding hydrogens is 244 g/mol. The standard InChI is InChI=1S/C13H20N4S/c1-4-8-15-12(14)17-13(18)16-11-9(2)6-5-7-10(11)3/h5-7H,4,8H2,1-3H3,(H4,14,15,16,17,18). The molecule has 0 saturated heterocycles. The van der Waals surface area contributed by atoms with Gasteiger partial charge in [0.1, 0.15) is 0 Å². The Balaban J connectivity index is 2.57. The normalized spacial score (nSPS) is 9.72. The molecule has 0 bridgehead atoms. The van der Waals surface area contributed by atoms with Gasteiger partial charge in [0.25, 0.3) is 0 Å². The van der Waals surface area contributed by atoms with Crippen LogP contribution in [0.5, 0.6) is 0 Å². The van der Waals surface area contributed by atoms with Gasteiger partial charge in [-0.05, 0) is 43.6 Å². The van der Waals surface area contributed by atoms with E-state index in [4.69, 9.17) is 17.6 Å². The molecule has 5 heteroatoms. The minimum Gasteiger partial charge on any atom is -0.356 e. The maximum absolute atomic E-state index is 7.65. The molecule has 0 aliphatic carbocycles. The fourth-order valence-electron chi connectivity index (χ4n) is 1.56. The van der Waals surface area contributed by atoms with Gasteiger partial charge >= 0.3 is 0 Å². The second-order valence-corrected chi connectivity index (χ2v) is 4.56. The van der Waals surface area contributed by atoms with E-state index in [1.54, 1.807) is 0 Å². The molecule has 0 amide bonds. The number of anilines is 1. The summed E-state index contributed by atoms with van der Waals surface area (Å²) < 4.78 is 0. The Morgan fingerprint density at radius 2 is 1.89 bits per heavy atom. The monoisotopic (exact) mass is 264 g/mol. The van der Waals surface area contributed by atoms with Gasteiger partial charge in [-0.15, -0.1) is 0 Å². The molecule has 0 spiro atoms. The summed E-state index contributed by atoms with van der Waals surface area (Å²) in [6.45, 7) is 6.86. The van der Waals surface area contributed by atoms with Crippen molar-refractivity contribution in [3.63, 3.8) is 0 Å². The van der Waals surface area contributed by atoms with Gasteiger partial charge in [-0.3, -0.25) is 5.41 Å². The van der Waals surface area contributed by atoms with Crippen molar-refractivity contribution < 1.29 is 0 Å². The van der Waals surface area contributed by atoms with E-state index in [1.165, 1.54) is 0 Å². The van der Waals surface area contributed by atoms with Crippen LogP contribution >= 0.6 is 12.2 Å². The van der Waals surface area contributed by atoms with Gasteiger partial charge in [-0.2, -0.15) is 0 Å². The minimum absolute atomic E-state index is 0.223. The second-order valence-electron chi connectivity index (χ2n) is 4.15. The first-order valence-electron chi connectivity index (χ1n) is 6.01. The summed E-state index contributed by atoms with van der Waals surface area (Å²) in [5, 5.41) is 16.9. The largest absolute Gasteiger partial charge is 0.356 e. The highest BCUT2D eigenvalue weighted by atomic mass is 32.1. The fraction of sp³-hybridized carbons (Fsp3) is 0.385. The number of hydrogen-bond acceptors (Lipinski definition) is 2. The molecule has 4 nitrogen and oxygen atoms in total. The van der Waals surface area contributed by atoms with Crippen molar-refractivity contribution in [2.75, 3.05) is 11.9 Å². The van der Waals surface area contributed by atoms with E-state index in [2.05, 4.69) is 16.0 Å². The predicted molar refractivity (Wildman–Crippen MR) is 81.3 cm³/mol. The summed E-state index contributed by atoms with van der Waals surface area (Å²) in [4.78, 5) is 0. The molecule has 98 valence electrons. The molecule has 0 aliphatic heterocycles. The number of thiocarbonyl (C=S) groups is 1. The van der Waals surface area contributed by atoms with Gasteiger partial charge in [0.15, 0.2) is 11.1 Å². The van der Waals surface area contributed by atoms with Crippen molar-refractivity contribution in [3.8, 4) is 0 Å². The quantitative estimate of drug-likeness (QED) is 0.385. The fourth-order valence-corrected chi connectivity index (χ4v) is 1.77. The summed E-state index contributed by atoms with van der Waals surface area (Å²) in [7, 11) is 0. The number of nitrogens with one attached hydrogen (secondary N) is 4. The Kier molecular flexibility index (Phi) is 5.58. The summed E-state index contributed by atoms with van der Waals surface area (Å²) >= 11 is 5.18. The lowest BCUT2D eigenvalue weighted by Crippen LogP contribution is -2.42. The van der Waals surface area contributed by atoms with Crippen molar-refractivity contribution >= 4 is 29.0 Å². The second kappa shape index (κ2) is 6.96. The first-order valence-corrected chi connectivity index (χ1v) is 6.42. The van der Waals surface area contributed by atoms with Gasteiger partial charge in [-0.25, -0.2) is 0 Å². The van der Waals surface area contributed by atoms with Crippen molar-refractivity contribution in [2.45, 2.75) is 27.2 Å². The maximum Gasteiger partial charge on any atom is 0.194 e. The molecule has 4 N–H and O–H groups in total. The van der Waals surface area contributed by atoms with Gasteiger partial charge < -0.3 is 16.0 Å². The summed E-state index contributed by atoms with van der Waals surface area (Å²) in [6.07, 6.45) is 0.973. The molecule has 1 aromatic rings. The van der Waals surface area contributed by atoms with Crippen LogP contribution in [0.4, 0.5) is 5.69 Å². The van der Waals surface area contributed by atoms with Crippen LogP contribution < -0.4 is 16.0 Å². The number of aryl methyl sites for hydroxylation is 2. The van der Waals surface area contributed by atoms with E-state index in [1.807, 2.05) is 39.0 Å². The van der Waals surface area contributed by atoms with Gasteiger partial charge in [0, 0.05) is 12.2 Å². The highest BCUT2D eigenvalue weighted by Gasteiger charge is 2.05. The average Bonchev–Trinajstić information content (AvgIpc) is 2.31. The predicted octanol–water partition coefficient (Wildman–Crippen LogP) is 2.52. The van der Waals surface area contributed by atoms with Crippen molar-refractivity contribution in [1.82, 2.24) is 10.6 Å². The van der Waals surface area contributed by atoms with Crippen LogP contribution in [0.25, 0.3) is 0 Å². The first-order chi connectivity index (χ1) is 8.54. The third-order valence-corrected chi connectivity index (χ3v) is 2.71. The van der Waals surface area contributed by atoms with Crippen LogP contribution in [0.1, 0.15) is 24.5 Å². The Morgan fingerprint density at radius 1 is 1.28 bits per heavy atom. The zero-order chi connectivity index (χ0) is 13.5. The molecule has 1 rings (SSSR count). The Labute approximate surface area is 114 Å². The highest BCUT2D eigenvalue weighted by molar-refractivity contribution is 7.80. The van der Waals surface area contributed by atoms with E-state index in [0.29, 0.717) is 5.11 Å². The number of hydrogen-bond donors (Lipinski definition) is 4. The molecule has 0 radical (unpaired) electrons. The number of rotatable bonds is 3. The van der Waals surface area contributed by atoms with E-state index >= 15 is 0 Å². The van der Waals surface area contributed by atoms with Gasteiger partial charge in [0.2, 0.25) is 0 Å². The Hall–Kier alpha value is -1.62. The van der Waals surface area contributed by atoms with Gasteiger partial charge in [-0.1, -0.05) is 25.1 Å². The summed E-state index contributed by atoms with van der Waals surface area (Å²) in [5.41, 5.74) is 3.26. The SMILES string of the molecule is CCCNC(=N)NC(=S)Nc1c(C)cccc1C. The van der Waals surface area contributed by atoms with E-state index in [9.17, 15) is 0 Å². The molecule has 0 fully saturated rings. The van der Waals surface area contributed by atoms with Crippen molar-refractivity contribution in [3.05, 3.63) is 29.3 Å². The number of guanidine groups is 1.